The average Bonchev–Trinajstić information content (AvgIpc) is 3.48. The van der Waals surface area contributed by atoms with Crippen LogP contribution in [0.15, 0.2) is 73.2 Å². The molecule has 3 aromatic heterocycles. The van der Waals surface area contributed by atoms with Crippen LogP contribution in [0.4, 0.5) is 5.82 Å². The predicted octanol–water partition coefficient (Wildman–Crippen LogP) is 4.25. The van der Waals surface area contributed by atoms with Gasteiger partial charge in [0.2, 0.25) is 0 Å². The number of aliphatic hydroxyl groups excluding tert-OH is 2. The first-order valence-corrected chi connectivity index (χ1v) is 12.7. The van der Waals surface area contributed by atoms with E-state index in [-0.39, 0.29) is 6.61 Å². The summed E-state index contributed by atoms with van der Waals surface area (Å²) in [6.07, 6.45) is -0.531. The van der Waals surface area contributed by atoms with Crippen LogP contribution in [0, 0.1) is 6.92 Å². The fourth-order valence-corrected chi connectivity index (χ4v) is 4.78. The van der Waals surface area contributed by atoms with Crippen molar-refractivity contribution < 1.29 is 19.7 Å². The molecule has 0 spiro atoms. The number of halogens is 1. The Kier molecular flexibility index (Phi) is 6.59. The molecule has 9 nitrogen and oxygen atoms in total. The highest BCUT2D eigenvalue weighted by Gasteiger charge is 2.44. The van der Waals surface area contributed by atoms with Crippen molar-refractivity contribution in [2.45, 2.75) is 38.0 Å². The number of hydrogen-bond donors (Lipinski definition) is 3. The van der Waals surface area contributed by atoms with E-state index in [9.17, 15) is 10.2 Å². The van der Waals surface area contributed by atoms with Crippen molar-refractivity contribution in [2.75, 3.05) is 11.9 Å². The highest BCUT2D eigenvalue weighted by Crippen LogP contribution is 2.33. The van der Waals surface area contributed by atoms with Crippen LogP contribution < -0.4 is 10.1 Å². The summed E-state index contributed by atoms with van der Waals surface area (Å²) in [4.78, 5) is 13.2. The second-order valence-corrected chi connectivity index (χ2v) is 9.74. The van der Waals surface area contributed by atoms with Gasteiger partial charge in [-0.25, -0.2) is 15.0 Å². The number of anilines is 1. The Labute approximate surface area is 223 Å². The van der Waals surface area contributed by atoms with Crippen LogP contribution in [0.1, 0.15) is 17.5 Å². The molecule has 1 aliphatic rings. The van der Waals surface area contributed by atoms with Crippen LogP contribution in [0.2, 0.25) is 5.02 Å². The minimum atomic E-state index is -1.14. The summed E-state index contributed by atoms with van der Waals surface area (Å²) in [5, 5.41) is 27.3. The topological polar surface area (TPSA) is 115 Å². The van der Waals surface area contributed by atoms with Gasteiger partial charge in [-0.3, -0.25) is 0 Å². The van der Waals surface area contributed by atoms with Crippen LogP contribution in [-0.2, 0) is 11.3 Å². The van der Waals surface area contributed by atoms with Gasteiger partial charge in [-0.2, -0.15) is 0 Å². The SMILES string of the molecule is Cc1ncnc2c1ccn2[C@@H]1O[C@H](COc2ccc3ccc(NCc4ccc(Cl)cc4)nc3c2)[C@@H](O)[C@H]1O. The fourth-order valence-electron chi connectivity index (χ4n) is 4.66. The number of hydrogen-bond acceptors (Lipinski definition) is 8. The van der Waals surface area contributed by atoms with Gasteiger partial charge in [0.15, 0.2) is 6.23 Å². The molecule has 4 atom stereocenters. The van der Waals surface area contributed by atoms with Crippen molar-refractivity contribution in [1.29, 1.82) is 0 Å². The van der Waals surface area contributed by atoms with Crippen LogP contribution >= 0.6 is 11.6 Å². The zero-order chi connectivity index (χ0) is 26.2. The lowest BCUT2D eigenvalue weighted by Crippen LogP contribution is -2.34. The fraction of sp³-hybridized carbons (Fsp3) is 0.250. The van der Waals surface area contributed by atoms with Gasteiger partial charge in [-0.05, 0) is 55.0 Å². The number of pyridine rings is 1. The third-order valence-corrected chi connectivity index (χ3v) is 7.04. The molecule has 0 bridgehead atoms. The van der Waals surface area contributed by atoms with E-state index in [0.29, 0.717) is 23.0 Å². The molecular formula is C28H26ClN5O4. The molecule has 6 rings (SSSR count). The summed E-state index contributed by atoms with van der Waals surface area (Å²) in [7, 11) is 0. The standard InChI is InChI=1S/C28H26ClN5O4/c1-16-21-10-11-34(27(21)32-15-31-16)28-26(36)25(35)23(38-28)14-37-20-8-4-18-5-9-24(33-22(18)12-20)30-13-17-2-6-19(29)7-3-17/h2-12,15,23,25-26,28,35-36H,13-14H2,1H3,(H,30,33)/t23-,25-,26-,28-/m1/s1. The first-order valence-electron chi connectivity index (χ1n) is 12.3. The normalized spacial score (nSPS) is 21.3. The third-order valence-electron chi connectivity index (χ3n) is 6.78. The number of aromatic nitrogens is 4. The summed E-state index contributed by atoms with van der Waals surface area (Å²) in [6, 6.07) is 19.1. The van der Waals surface area contributed by atoms with Gasteiger partial charge in [0.1, 0.15) is 48.5 Å². The first kappa shape index (κ1) is 24.6. The highest BCUT2D eigenvalue weighted by molar-refractivity contribution is 6.30. The maximum atomic E-state index is 10.7. The molecule has 2 aromatic carbocycles. The Morgan fingerprint density at radius 1 is 1.03 bits per heavy atom. The molecule has 1 aliphatic heterocycles. The third kappa shape index (κ3) is 4.77. The maximum absolute atomic E-state index is 10.7. The summed E-state index contributed by atoms with van der Waals surface area (Å²) >= 11 is 5.96. The zero-order valence-corrected chi connectivity index (χ0v) is 21.3. The number of benzene rings is 2. The number of aliphatic hydroxyl groups is 2. The lowest BCUT2D eigenvalue weighted by atomic mass is 10.1. The van der Waals surface area contributed by atoms with Crippen LogP contribution in [0.3, 0.4) is 0 Å². The van der Waals surface area contributed by atoms with E-state index in [1.54, 1.807) is 10.8 Å². The molecule has 0 unspecified atom stereocenters. The van der Waals surface area contributed by atoms with Crippen LogP contribution in [-0.4, -0.2) is 54.7 Å². The molecule has 1 saturated heterocycles. The molecule has 0 saturated carbocycles. The van der Waals surface area contributed by atoms with Gasteiger partial charge >= 0.3 is 0 Å². The van der Waals surface area contributed by atoms with Crippen molar-refractivity contribution in [2.24, 2.45) is 0 Å². The van der Waals surface area contributed by atoms with E-state index in [2.05, 4.69) is 15.3 Å². The molecule has 0 amide bonds. The Morgan fingerprint density at radius 3 is 2.68 bits per heavy atom. The quantitative estimate of drug-likeness (QED) is 0.285. The predicted molar refractivity (Wildman–Crippen MR) is 144 cm³/mol. The minimum Gasteiger partial charge on any atom is -0.491 e. The van der Waals surface area contributed by atoms with Gasteiger partial charge in [-0.15, -0.1) is 0 Å². The number of nitrogens with one attached hydrogen (secondary N) is 1. The van der Waals surface area contributed by atoms with Crippen molar-refractivity contribution in [3.63, 3.8) is 0 Å². The lowest BCUT2D eigenvalue weighted by Gasteiger charge is -2.17. The van der Waals surface area contributed by atoms with Gasteiger partial charge in [0.25, 0.3) is 0 Å². The Bertz CT molecular complexity index is 1590. The lowest BCUT2D eigenvalue weighted by molar-refractivity contribution is -0.0471. The summed E-state index contributed by atoms with van der Waals surface area (Å²) < 4.78 is 13.7. The second kappa shape index (κ2) is 10.2. The Hall–Kier alpha value is -3.76. The van der Waals surface area contributed by atoms with Crippen molar-refractivity contribution >= 4 is 39.4 Å². The first-order chi connectivity index (χ1) is 18.5. The second-order valence-electron chi connectivity index (χ2n) is 9.31. The van der Waals surface area contributed by atoms with Gasteiger partial charge in [-0.1, -0.05) is 23.7 Å². The van der Waals surface area contributed by atoms with Crippen molar-refractivity contribution in [1.82, 2.24) is 19.5 Å². The molecule has 5 aromatic rings. The molecule has 38 heavy (non-hydrogen) atoms. The molecule has 10 heteroatoms. The minimum absolute atomic E-state index is 0.0575. The largest absolute Gasteiger partial charge is 0.491 e. The summed E-state index contributed by atoms with van der Waals surface area (Å²) in [5.74, 6) is 1.33. The molecule has 0 aliphatic carbocycles. The van der Waals surface area contributed by atoms with E-state index >= 15 is 0 Å². The van der Waals surface area contributed by atoms with E-state index in [4.69, 9.17) is 26.1 Å². The number of nitrogens with zero attached hydrogens (tertiary/aromatic N) is 4. The monoisotopic (exact) mass is 531 g/mol. The zero-order valence-electron chi connectivity index (χ0n) is 20.5. The molecule has 1 fully saturated rings. The van der Waals surface area contributed by atoms with E-state index in [0.717, 1.165) is 33.4 Å². The van der Waals surface area contributed by atoms with Gasteiger partial charge in [0.05, 0.1) is 11.2 Å². The van der Waals surface area contributed by atoms with Crippen LogP contribution in [0.5, 0.6) is 5.75 Å². The van der Waals surface area contributed by atoms with E-state index in [1.807, 2.05) is 67.6 Å². The number of fused-ring (bicyclic) bond motifs is 2. The molecule has 194 valence electrons. The molecule has 3 N–H and O–H groups in total. The molecule has 4 heterocycles. The van der Waals surface area contributed by atoms with E-state index < -0.39 is 24.5 Å². The van der Waals surface area contributed by atoms with E-state index in [1.165, 1.54) is 6.33 Å². The number of ether oxygens (including phenoxy) is 2. The molecular weight excluding hydrogens is 506 g/mol. The smallest absolute Gasteiger partial charge is 0.164 e. The average molecular weight is 532 g/mol. The summed E-state index contributed by atoms with van der Waals surface area (Å²) in [6.45, 7) is 2.57. The summed E-state index contributed by atoms with van der Waals surface area (Å²) in [5.41, 5.74) is 3.33. The van der Waals surface area contributed by atoms with Gasteiger partial charge in [0, 0.05) is 34.6 Å². The van der Waals surface area contributed by atoms with Crippen LogP contribution in [0.25, 0.3) is 21.9 Å². The van der Waals surface area contributed by atoms with Gasteiger partial charge < -0.3 is 29.6 Å². The Balaban J connectivity index is 1.13. The maximum Gasteiger partial charge on any atom is 0.164 e. The van der Waals surface area contributed by atoms with Crippen molar-refractivity contribution in [3.8, 4) is 5.75 Å². The number of rotatable bonds is 7. The highest BCUT2D eigenvalue weighted by atomic mass is 35.5. The van der Waals surface area contributed by atoms with Crippen molar-refractivity contribution in [3.05, 3.63) is 89.5 Å². The number of aryl methyl sites for hydroxylation is 1. The Morgan fingerprint density at radius 2 is 1.84 bits per heavy atom. The molecule has 0 radical (unpaired) electrons.